The molecule has 1 aromatic carbocycles. The smallest absolute Gasteiger partial charge is 0.245 e. The van der Waals surface area contributed by atoms with Crippen molar-refractivity contribution in [3.05, 3.63) is 35.4 Å². The average Bonchev–Trinajstić information content (AvgIpc) is 2.70. The second-order valence-corrected chi connectivity index (χ2v) is 8.68. The van der Waals surface area contributed by atoms with E-state index in [1.54, 1.807) is 0 Å². The standard InChI is InChI=1S/C23H35N3O2.ClH/c1-4-24-15-18-9-11-25(12-10-18)23(28)21-14-19-7-5-6-8-20(19)16-26(21)22(27)13-17(2)3;/h5-8,17-18,21,24H,4,9-16H2,1-3H3;1H. The zero-order valence-corrected chi connectivity index (χ0v) is 18.8. The number of hydrogen-bond acceptors (Lipinski definition) is 3. The number of amides is 2. The van der Waals surface area contributed by atoms with Crippen LogP contribution in [0.5, 0.6) is 0 Å². The van der Waals surface area contributed by atoms with Gasteiger partial charge in [0, 0.05) is 32.5 Å². The molecule has 1 N–H and O–H groups in total. The lowest BCUT2D eigenvalue weighted by atomic mass is 9.91. The van der Waals surface area contributed by atoms with Gasteiger partial charge in [-0.05, 0) is 48.9 Å². The summed E-state index contributed by atoms with van der Waals surface area (Å²) in [4.78, 5) is 30.2. The molecule has 2 aliphatic heterocycles. The summed E-state index contributed by atoms with van der Waals surface area (Å²) in [7, 11) is 0. The number of fused-ring (bicyclic) bond motifs is 1. The van der Waals surface area contributed by atoms with Crippen molar-refractivity contribution in [2.75, 3.05) is 26.2 Å². The van der Waals surface area contributed by atoms with E-state index in [9.17, 15) is 9.59 Å². The summed E-state index contributed by atoms with van der Waals surface area (Å²) < 4.78 is 0. The summed E-state index contributed by atoms with van der Waals surface area (Å²) in [6, 6.07) is 7.87. The predicted octanol–water partition coefficient (Wildman–Crippen LogP) is 3.26. The Hall–Kier alpha value is -1.59. The van der Waals surface area contributed by atoms with Gasteiger partial charge in [0.15, 0.2) is 0 Å². The van der Waals surface area contributed by atoms with Crippen LogP contribution in [0.3, 0.4) is 0 Å². The third-order valence-electron chi connectivity index (χ3n) is 6.05. The SMILES string of the molecule is CCNCC1CCN(C(=O)C2Cc3ccccc3CN2C(=O)CC(C)C)CC1.Cl. The van der Waals surface area contributed by atoms with Crippen molar-refractivity contribution in [2.24, 2.45) is 11.8 Å². The molecule has 0 radical (unpaired) electrons. The van der Waals surface area contributed by atoms with E-state index in [0.29, 0.717) is 31.2 Å². The van der Waals surface area contributed by atoms with Crippen LogP contribution in [-0.4, -0.2) is 53.8 Å². The number of likely N-dealkylation sites (tertiary alicyclic amines) is 1. The molecule has 1 fully saturated rings. The molecule has 1 saturated heterocycles. The Balaban J connectivity index is 0.00000300. The maximum Gasteiger partial charge on any atom is 0.245 e. The van der Waals surface area contributed by atoms with E-state index in [2.05, 4.69) is 38.2 Å². The molecule has 29 heavy (non-hydrogen) atoms. The minimum absolute atomic E-state index is 0. The molecule has 0 bridgehead atoms. The molecule has 0 saturated carbocycles. The minimum Gasteiger partial charge on any atom is -0.341 e. The Morgan fingerprint density at radius 1 is 1.14 bits per heavy atom. The monoisotopic (exact) mass is 421 g/mol. The fourth-order valence-corrected chi connectivity index (χ4v) is 4.39. The quantitative estimate of drug-likeness (QED) is 0.767. The fourth-order valence-electron chi connectivity index (χ4n) is 4.39. The number of halogens is 1. The van der Waals surface area contributed by atoms with Gasteiger partial charge in [-0.3, -0.25) is 9.59 Å². The molecule has 6 heteroatoms. The Morgan fingerprint density at radius 3 is 2.41 bits per heavy atom. The van der Waals surface area contributed by atoms with Crippen LogP contribution in [0.4, 0.5) is 0 Å². The van der Waals surface area contributed by atoms with Gasteiger partial charge in [0.05, 0.1) is 0 Å². The molecular weight excluding hydrogens is 386 g/mol. The molecule has 2 amide bonds. The third-order valence-corrected chi connectivity index (χ3v) is 6.05. The molecule has 1 aromatic rings. The van der Waals surface area contributed by atoms with Crippen molar-refractivity contribution >= 4 is 24.2 Å². The van der Waals surface area contributed by atoms with Crippen molar-refractivity contribution in [1.82, 2.24) is 15.1 Å². The maximum absolute atomic E-state index is 13.4. The van der Waals surface area contributed by atoms with E-state index in [4.69, 9.17) is 0 Å². The zero-order valence-electron chi connectivity index (χ0n) is 18.0. The molecule has 1 unspecified atom stereocenters. The zero-order chi connectivity index (χ0) is 20.1. The molecule has 0 aromatic heterocycles. The maximum atomic E-state index is 13.4. The number of carbonyl (C=O) groups is 2. The minimum atomic E-state index is -0.355. The highest BCUT2D eigenvalue weighted by molar-refractivity contribution is 5.88. The summed E-state index contributed by atoms with van der Waals surface area (Å²) in [6.07, 6.45) is 3.22. The first-order valence-electron chi connectivity index (χ1n) is 10.8. The second kappa shape index (κ2) is 11.0. The molecule has 2 aliphatic rings. The van der Waals surface area contributed by atoms with E-state index in [1.165, 1.54) is 11.1 Å². The number of rotatable bonds is 6. The van der Waals surface area contributed by atoms with Gasteiger partial charge in [-0.25, -0.2) is 0 Å². The van der Waals surface area contributed by atoms with E-state index >= 15 is 0 Å². The molecule has 3 rings (SSSR count). The summed E-state index contributed by atoms with van der Waals surface area (Å²) >= 11 is 0. The molecular formula is C23H36ClN3O2. The van der Waals surface area contributed by atoms with Gasteiger partial charge in [-0.15, -0.1) is 12.4 Å². The summed E-state index contributed by atoms with van der Waals surface area (Å²) in [5.74, 6) is 1.18. The number of benzene rings is 1. The second-order valence-electron chi connectivity index (χ2n) is 8.68. The first kappa shape index (κ1) is 23.7. The van der Waals surface area contributed by atoms with E-state index in [-0.39, 0.29) is 30.3 Å². The van der Waals surface area contributed by atoms with Crippen LogP contribution >= 0.6 is 12.4 Å². The first-order valence-corrected chi connectivity index (χ1v) is 10.8. The van der Waals surface area contributed by atoms with Crippen LogP contribution in [0.15, 0.2) is 24.3 Å². The van der Waals surface area contributed by atoms with Gasteiger partial charge in [-0.1, -0.05) is 45.0 Å². The normalized spacial score (nSPS) is 19.7. The van der Waals surface area contributed by atoms with E-state index in [1.807, 2.05) is 21.9 Å². The summed E-state index contributed by atoms with van der Waals surface area (Å²) in [5.41, 5.74) is 2.38. The van der Waals surface area contributed by atoms with E-state index < -0.39 is 0 Å². The van der Waals surface area contributed by atoms with Crippen LogP contribution in [0.1, 0.15) is 51.2 Å². The van der Waals surface area contributed by atoms with Crippen molar-refractivity contribution in [2.45, 2.75) is 59.0 Å². The molecule has 0 aliphatic carbocycles. The number of hydrogen-bond donors (Lipinski definition) is 1. The fraction of sp³-hybridized carbons (Fsp3) is 0.652. The number of carbonyl (C=O) groups excluding carboxylic acids is 2. The number of piperidine rings is 1. The average molecular weight is 422 g/mol. The lowest BCUT2D eigenvalue weighted by Gasteiger charge is -2.41. The lowest BCUT2D eigenvalue weighted by molar-refractivity contribution is -0.148. The van der Waals surface area contributed by atoms with Crippen LogP contribution < -0.4 is 5.32 Å². The van der Waals surface area contributed by atoms with Crippen molar-refractivity contribution in [1.29, 1.82) is 0 Å². The van der Waals surface area contributed by atoms with Gasteiger partial charge >= 0.3 is 0 Å². The summed E-state index contributed by atoms with van der Waals surface area (Å²) in [6.45, 7) is 10.4. The number of nitrogens with zero attached hydrogens (tertiary/aromatic N) is 2. The first-order chi connectivity index (χ1) is 13.5. The molecule has 0 spiro atoms. The highest BCUT2D eigenvalue weighted by atomic mass is 35.5. The molecule has 2 heterocycles. The molecule has 162 valence electrons. The topological polar surface area (TPSA) is 52.7 Å². The van der Waals surface area contributed by atoms with Gasteiger partial charge < -0.3 is 15.1 Å². The largest absolute Gasteiger partial charge is 0.341 e. The van der Waals surface area contributed by atoms with Crippen molar-refractivity contribution < 1.29 is 9.59 Å². The Labute approximate surface area is 181 Å². The van der Waals surface area contributed by atoms with Crippen LogP contribution in [0.2, 0.25) is 0 Å². The van der Waals surface area contributed by atoms with Gasteiger partial charge in [-0.2, -0.15) is 0 Å². The third kappa shape index (κ3) is 5.95. The van der Waals surface area contributed by atoms with Crippen molar-refractivity contribution in [3.8, 4) is 0 Å². The molecule has 5 nitrogen and oxygen atoms in total. The van der Waals surface area contributed by atoms with Gasteiger partial charge in [0.1, 0.15) is 6.04 Å². The highest BCUT2D eigenvalue weighted by Crippen LogP contribution is 2.27. The van der Waals surface area contributed by atoms with Crippen LogP contribution in [0, 0.1) is 11.8 Å². The predicted molar refractivity (Wildman–Crippen MR) is 119 cm³/mol. The van der Waals surface area contributed by atoms with Crippen LogP contribution in [-0.2, 0) is 22.6 Å². The van der Waals surface area contributed by atoms with E-state index in [0.717, 1.165) is 39.0 Å². The highest BCUT2D eigenvalue weighted by Gasteiger charge is 2.37. The Bertz CT molecular complexity index is 686. The number of nitrogens with one attached hydrogen (secondary N) is 1. The van der Waals surface area contributed by atoms with Gasteiger partial charge in [0.25, 0.3) is 0 Å². The Morgan fingerprint density at radius 2 is 1.79 bits per heavy atom. The summed E-state index contributed by atoms with van der Waals surface area (Å²) in [5, 5.41) is 3.42. The molecule has 1 atom stereocenters. The van der Waals surface area contributed by atoms with Crippen molar-refractivity contribution in [3.63, 3.8) is 0 Å². The van der Waals surface area contributed by atoms with Gasteiger partial charge in [0.2, 0.25) is 11.8 Å². The van der Waals surface area contributed by atoms with Crippen LogP contribution in [0.25, 0.3) is 0 Å². The Kier molecular flexibility index (Phi) is 8.97. The lowest BCUT2D eigenvalue weighted by Crippen LogP contribution is -2.55.